The Morgan fingerprint density at radius 3 is 2.72 bits per heavy atom. The van der Waals surface area contributed by atoms with Gasteiger partial charge in [0.2, 0.25) is 6.23 Å². The number of nitrogens with one attached hydrogen (secondary N) is 1. The maximum absolute atomic E-state index is 9.75. The number of fused-ring (bicyclic) bond motifs is 3. The van der Waals surface area contributed by atoms with E-state index in [1.807, 2.05) is 6.07 Å². The molecule has 18 heavy (non-hydrogen) atoms. The highest BCUT2D eigenvalue weighted by atomic mass is 19.5. The summed E-state index contributed by atoms with van der Waals surface area (Å²) >= 11 is 0. The molecule has 0 amide bonds. The van der Waals surface area contributed by atoms with Crippen LogP contribution in [0.15, 0.2) is 24.4 Å². The molecule has 2 atom stereocenters. The van der Waals surface area contributed by atoms with Gasteiger partial charge in [0.15, 0.2) is 0 Å². The Hall–Kier alpha value is -1.31. The van der Waals surface area contributed by atoms with Gasteiger partial charge in [0, 0.05) is 6.07 Å². The van der Waals surface area contributed by atoms with E-state index in [9.17, 15) is 17.3 Å². The molecule has 0 aliphatic carbocycles. The first kappa shape index (κ1) is 13.1. The standard InChI is InChI=1S/C10H12N2O.BF4/c1-2-5-12-9(3-1)11-7-8-4-6-13-10(8)12;2-1(3,4)5/h1-3,5,8,10H,4,6-7H2;/q;-1/p+1. The van der Waals surface area contributed by atoms with E-state index >= 15 is 0 Å². The zero-order chi connectivity index (χ0) is 13.2. The first-order chi connectivity index (χ1) is 8.45. The molecule has 1 aromatic heterocycles. The summed E-state index contributed by atoms with van der Waals surface area (Å²) in [4.78, 5) is 0. The molecule has 0 bridgehead atoms. The Balaban J connectivity index is 0.000000209. The smallest absolute Gasteiger partial charge is 0.418 e. The van der Waals surface area contributed by atoms with Gasteiger partial charge in [-0.1, -0.05) is 6.07 Å². The Bertz CT molecular complexity index is 409. The van der Waals surface area contributed by atoms with Crippen LogP contribution in [0, 0.1) is 5.92 Å². The second-order valence-corrected chi connectivity index (χ2v) is 4.18. The highest BCUT2D eigenvalue weighted by Gasteiger charge is 2.38. The van der Waals surface area contributed by atoms with Crippen molar-refractivity contribution in [2.24, 2.45) is 5.92 Å². The fourth-order valence-corrected chi connectivity index (χ4v) is 2.19. The van der Waals surface area contributed by atoms with Gasteiger partial charge in [0.05, 0.1) is 25.3 Å². The maximum Gasteiger partial charge on any atom is 0.673 e. The third kappa shape index (κ3) is 3.35. The molecule has 0 radical (unpaired) electrons. The highest BCUT2D eigenvalue weighted by molar-refractivity contribution is 6.50. The number of ether oxygens (including phenoxy) is 1. The number of nitrogens with zero attached hydrogens (tertiary/aromatic N) is 1. The number of halogens is 4. The number of hydrogen-bond acceptors (Lipinski definition) is 2. The van der Waals surface area contributed by atoms with Crippen molar-refractivity contribution in [1.29, 1.82) is 0 Å². The van der Waals surface area contributed by atoms with Gasteiger partial charge >= 0.3 is 7.25 Å². The molecule has 3 heterocycles. The van der Waals surface area contributed by atoms with E-state index in [0.717, 1.165) is 13.2 Å². The van der Waals surface area contributed by atoms with Gasteiger partial charge in [-0.2, -0.15) is 0 Å². The van der Waals surface area contributed by atoms with Crippen molar-refractivity contribution in [2.45, 2.75) is 12.6 Å². The maximum atomic E-state index is 9.75. The van der Waals surface area contributed by atoms with Crippen LogP contribution in [0.2, 0.25) is 0 Å². The van der Waals surface area contributed by atoms with Gasteiger partial charge in [0.1, 0.15) is 0 Å². The van der Waals surface area contributed by atoms with Crippen LogP contribution in [0.4, 0.5) is 23.1 Å². The lowest BCUT2D eigenvalue weighted by Gasteiger charge is -2.22. The topological polar surface area (TPSA) is 25.1 Å². The first-order valence-corrected chi connectivity index (χ1v) is 5.68. The Morgan fingerprint density at radius 2 is 2.00 bits per heavy atom. The molecule has 2 aliphatic rings. The number of pyridine rings is 1. The van der Waals surface area contributed by atoms with Crippen LogP contribution in [0.1, 0.15) is 12.6 Å². The molecule has 0 spiro atoms. The highest BCUT2D eigenvalue weighted by Crippen LogP contribution is 2.29. The SMILES string of the molecule is F[B-](F)(F)F.c1cc[n+]2c(c1)NCC1CCOC12. The molecule has 1 saturated heterocycles. The molecule has 100 valence electrons. The van der Waals surface area contributed by atoms with Gasteiger partial charge < -0.3 is 22.0 Å². The van der Waals surface area contributed by atoms with Gasteiger partial charge in [-0.3, -0.25) is 5.32 Å². The first-order valence-electron chi connectivity index (χ1n) is 5.68. The van der Waals surface area contributed by atoms with Crippen LogP contribution < -0.4 is 9.88 Å². The van der Waals surface area contributed by atoms with Crippen molar-refractivity contribution in [1.82, 2.24) is 0 Å². The van der Waals surface area contributed by atoms with E-state index in [0.29, 0.717) is 5.92 Å². The predicted molar refractivity (Wildman–Crippen MR) is 58.4 cm³/mol. The van der Waals surface area contributed by atoms with Crippen LogP contribution in [0.5, 0.6) is 0 Å². The molecule has 2 aliphatic heterocycles. The molecule has 0 aromatic carbocycles. The zero-order valence-corrected chi connectivity index (χ0v) is 9.53. The Kier molecular flexibility index (Phi) is 3.75. The van der Waals surface area contributed by atoms with Gasteiger partial charge in [-0.05, 0) is 12.5 Å². The normalized spacial score (nSPS) is 25.3. The third-order valence-electron chi connectivity index (χ3n) is 2.89. The van der Waals surface area contributed by atoms with Crippen molar-refractivity contribution >= 4 is 13.1 Å². The average molecular weight is 264 g/mol. The summed E-state index contributed by atoms with van der Waals surface area (Å²) in [5.74, 6) is 1.82. The minimum atomic E-state index is -6.00. The second-order valence-electron chi connectivity index (χ2n) is 4.18. The number of rotatable bonds is 0. The Morgan fingerprint density at radius 1 is 1.28 bits per heavy atom. The van der Waals surface area contributed by atoms with Crippen LogP contribution in [-0.2, 0) is 4.74 Å². The van der Waals surface area contributed by atoms with Crippen molar-refractivity contribution in [3.05, 3.63) is 24.4 Å². The molecule has 1 fully saturated rings. The molecule has 3 nitrogen and oxygen atoms in total. The molecule has 1 aromatic rings. The molecule has 8 heteroatoms. The van der Waals surface area contributed by atoms with Crippen LogP contribution in [-0.4, -0.2) is 20.4 Å². The van der Waals surface area contributed by atoms with Crippen molar-refractivity contribution in [2.75, 3.05) is 18.5 Å². The summed E-state index contributed by atoms with van der Waals surface area (Å²) in [6.45, 7) is 1.95. The van der Waals surface area contributed by atoms with E-state index < -0.39 is 7.25 Å². The van der Waals surface area contributed by atoms with E-state index in [1.54, 1.807) is 0 Å². The third-order valence-corrected chi connectivity index (χ3v) is 2.89. The number of anilines is 1. The van der Waals surface area contributed by atoms with E-state index in [4.69, 9.17) is 4.74 Å². The van der Waals surface area contributed by atoms with Gasteiger partial charge in [-0.15, -0.1) is 0 Å². The fraction of sp³-hybridized carbons (Fsp3) is 0.500. The largest absolute Gasteiger partial charge is 0.673 e. The average Bonchev–Trinajstić information content (AvgIpc) is 2.75. The van der Waals surface area contributed by atoms with Crippen molar-refractivity contribution in [3.63, 3.8) is 0 Å². The lowest BCUT2D eigenvalue weighted by molar-refractivity contribution is -0.755. The number of hydrogen-bond donors (Lipinski definition) is 1. The predicted octanol–water partition coefficient (Wildman–Crippen LogP) is 2.23. The minimum absolute atomic E-state index is 0.275. The summed E-state index contributed by atoms with van der Waals surface area (Å²) in [6.07, 6.45) is 3.54. The molecule has 2 unspecified atom stereocenters. The summed E-state index contributed by atoms with van der Waals surface area (Å²) in [5, 5.41) is 3.42. The van der Waals surface area contributed by atoms with E-state index in [-0.39, 0.29) is 6.23 Å². The van der Waals surface area contributed by atoms with Crippen LogP contribution >= 0.6 is 0 Å². The minimum Gasteiger partial charge on any atom is -0.418 e. The van der Waals surface area contributed by atoms with Gasteiger partial charge in [-0.25, -0.2) is 4.57 Å². The molecular weight excluding hydrogens is 251 g/mol. The summed E-state index contributed by atoms with van der Waals surface area (Å²) in [7, 11) is -6.00. The molecule has 3 rings (SSSR count). The molecule has 0 saturated carbocycles. The summed E-state index contributed by atoms with van der Waals surface area (Å²) in [6, 6.07) is 6.20. The quantitative estimate of drug-likeness (QED) is 0.441. The number of aromatic nitrogens is 1. The van der Waals surface area contributed by atoms with Crippen LogP contribution in [0.3, 0.4) is 0 Å². The monoisotopic (exact) mass is 264 g/mol. The lowest BCUT2D eigenvalue weighted by Crippen LogP contribution is -2.50. The molecule has 1 N–H and O–H groups in total. The van der Waals surface area contributed by atoms with E-state index in [2.05, 4.69) is 28.2 Å². The summed E-state index contributed by atoms with van der Waals surface area (Å²) < 4.78 is 46.9. The molecular formula is C10H13BF4N2O. The lowest BCUT2D eigenvalue weighted by atomic mass is 10.0. The summed E-state index contributed by atoms with van der Waals surface area (Å²) in [5.41, 5.74) is 0. The van der Waals surface area contributed by atoms with Crippen molar-refractivity contribution < 1.29 is 26.6 Å². The Labute approximate surface area is 102 Å². The van der Waals surface area contributed by atoms with Gasteiger partial charge in [0.25, 0.3) is 5.82 Å². The fourth-order valence-electron chi connectivity index (χ4n) is 2.19. The van der Waals surface area contributed by atoms with Crippen molar-refractivity contribution in [3.8, 4) is 0 Å². The zero-order valence-electron chi connectivity index (χ0n) is 9.53. The second kappa shape index (κ2) is 5.13. The van der Waals surface area contributed by atoms with E-state index in [1.165, 1.54) is 12.2 Å². The van der Waals surface area contributed by atoms with Crippen LogP contribution in [0.25, 0.3) is 0 Å².